The van der Waals surface area contributed by atoms with E-state index in [1.54, 1.807) is 29.8 Å². The molecule has 6 rings (SSSR count). The summed E-state index contributed by atoms with van der Waals surface area (Å²) in [6, 6.07) is 10.4. The van der Waals surface area contributed by atoms with Crippen molar-refractivity contribution in [2.45, 2.75) is 50.0 Å². The predicted molar refractivity (Wildman–Crippen MR) is 150 cm³/mol. The van der Waals surface area contributed by atoms with Crippen LogP contribution in [-0.4, -0.2) is 58.7 Å². The van der Waals surface area contributed by atoms with E-state index in [2.05, 4.69) is 9.89 Å². The van der Waals surface area contributed by atoms with Crippen molar-refractivity contribution < 1.29 is 54.6 Å². The number of hydrogen-bond donors (Lipinski definition) is 1. The normalized spacial score (nSPS) is 19.9. The Bertz CT molecular complexity index is 1760. The van der Waals surface area contributed by atoms with Gasteiger partial charge in [-0.05, 0) is 30.7 Å². The summed E-state index contributed by atoms with van der Waals surface area (Å²) in [5, 5.41) is 14.1. The number of nitrogens with zero attached hydrogens (tertiary/aromatic N) is 3. The molecule has 2 aromatic heterocycles. The Hall–Kier alpha value is -4.27. The molecule has 0 spiro atoms. The zero-order valence-electron chi connectivity index (χ0n) is 24.3. The van der Waals surface area contributed by atoms with Crippen molar-refractivity contribution in [3.05, 3.63) is 65.5 Å². The summed E-state index contributed by atoms with van der Waals surface area (Å²) in [6.07, 6.45) is -8.32. The average molecular weight is 656 g/mol. The zero-order valence-corrected chi connectivity index (χ0v) is 24.3. The molecule has 1 saturated carbocycles. The first-order chi connectivity index (χ1) is 21.7. The van der Waals surface area contributed by atoms with Crippen LogP contribution < -0.4 is 9.64 Å². The van der Waals surface area contributed by atoms with E-state index in [0.717, 1.165) is 6.07 Å². The van der Waals surface area contributed by atoms with Crippen molar-refractivity contribution in [2.75, 3.05) is 24.6 Å². The van der Waals surface area contributed by atoms with Gasteiger partial charge in [-0.15, -0.1) is 13.2 Å². The monoisotopic (exact) mass is 655 g/mol. The van der Waals surface area contributed by atoms with Crippen LogP contribution in [0.3, 0.4) is 0 Å². The van der Waals surface area contributed by atoms with Gasteiger partial charge in [0.05, 0.1) is 30.2 Å². The summed E-state index contributed by atoms with van der Waals surface area (Å²) in [4.78, 5) is 13.8. The highest BCUT2D eigenvalue weighted by atomic mass is 19.4. The summed E-state index contributed by atoms with van der Waals surface area (Å²) in [6.45, 7) is -0.451. The Labute approximate surface area is 257 Å². The number of aryl methyl sites for hydroxylation is 1. The molecule has 0 radical (unpaired) electrons. The highest BCUT2D eigenvalue weighted by Gasteiger charge is 2.58. The molecule has 8 nitrogen and oxygen atoms in total. The Balaban J connectivity index is 1.20. The van der Waals surface area contributed by atoms with Gasteiger partial charge in [-0.3, -0.25) is 0 Å². The molecule has 246 valence electrons. The Morgan fingerprint density at radius 3 is 2.46 bits per heavy atom. The highest BCUT2D eigenvalue weighted by Crippen LogP contribution is 2.57. The molecule has 2 fully saturated rings. The third kappa shape index (κ3) is 6.24. The van der Waals surface area contributed by atoms with Gasteiger partial charge < -0.3 is 28.6 Å². The fraction of sp³-hybridized carbons (Fsp3) is 0.419. The number of rotatable bonds is 9. The Morgan fingerprint density at radius 2 is 1.80 bits per heavy atom. The van der Waals surface area contributed by atoms with Gasteiger partial charge >= 0.3 is 18.5 Å². The third-order valence-corrected chi connectivity index (χ3v) is 8.56. The maximum Gasteiger partial charge on any atom is 0.573 e. The second kappa shape index (κ2) is 11.5. The largest absolute Gasteiger partial charge is 0.573 e. The fourth-order valence-corrected chi connectivity index (χ4v) is 6.17. The number of hydrogen-bond acceptors (Lipinski definition) is 6. The van der Waals surface area contributed by atoms with Crippen molar-refractivity contribution in [1.29, 1.82) is 0 Å². The summed E-state index contributed by atoms with van der Waals surface area (Å²) in [7, 11) is 1.74. The van der Waals surface area contributed by atoms with Crippen LogP contribution in [0, 0.1) is 5.92 Å². The number of fused-ring (bicyclic) bond motifs is 1. The first kappa shape index (κ1) is 31.7. The highest BCUT2D eigenvalue weighted by molar-refractivity contribution is 6.09. The van der Waals surface area contributed by atoms with Crippen molar-refractivity contribution in [3.8, 4) is 17.0 Å². The van der Waals surface area contributed by atoms with Crippen LogP contribution in [0.15, 0.2) is 53.2 Å². The van der Waals surface area contributed by atoms with E-state index in [0.29, 0.717) is 16.6 Å². The summed E-state index contributed by atoms with van der Waals surface area (Å²) < 4.78 is 112. The van der Waals surface area contributed by atoms with Crippen molar-refractivity contribution in [1.82, 2.24) is 9.72 Å². The van der Waals surface area contributed by atoms with Crippen molar-refractivity contribution in [3.63, 3.8) is 0 Å². The van der Waals surface area contributed by atoms with Gasteiger partial charge in [0.2, 0.25) is 0 Å². The van der Waals surface area contributed by atoms with Gasteiger partial charge in [0, 0.05) is 67.3 Å². The number of carboxylic acids is 1. The molecule has 1 aliphatic heterocycles. The molecule has 2 unspecified atom stereocenters. The number of aromatic nitrogens is 2. The lowest BCUT2D eigenvalue weighted by Gasteiger charge is -2.37. The number of piperidine rings is 1. The number of aromatic carboxylic acids is 1. The minimum Gasteiger partial charge on any atom is -0.478 e. The van der Waals surface area contributed by atoms with Gasteiger partial charge in [0.15, 0.2) is 0 Å². The number of carbonyl (C=O) groups is 1. The van der Waals surface area contributed by atoms with Crippen LogP contribution >= 0.6 is 0 Å². The molecule has 1 aliphatic carbocycles. The van der Waals surface area contributed by atoms with Gasteiger partial charge in [0.25, 0.3) is 0 Å². The molecule has 2 aliphatic rings. The minimum absolute atomic E-state index is 0.00298. The van der Waals surface area contributed by atoms with Crippen molar-refractivity contribution in [2.24, 2.45) is 13.0 Å². The van der Waals surface area contributed by atoms with Crippen LogP contribution in [0.2, 0.25) is 0 Å². The minimum atomic E-state index is -5.05. The smallest absolute Gasteiger partial charge is 0.478 e. The van der Waals surface area contributed by atoms with Gasteiger partial charge in [-0.2, -0.15) is 13.2 Å². The topological polar surface area (TPSA) is 90.0 Å². The molecule has 15 heteroatoms. The van der Waals surface area contributed by atoms with E-state index >= 15 is 4.39 Å². The number of anilines is 1. The van der Waals surface area contributed by atoms with Crippen LogP contribution in [0.5, 0.6) is 5.75 Å². The number of ether oxygens (including phenoxy) is 2. The lowest BCUT2D eigenvalue weighted by molar-refractivity contribution is -0.274. The van der Waals surface area contributed by atoms with E-state index < -0.39 is 55.0 Å². The van der Waals surface area contributed by atoms with Crippen LogP contribution in [-0.2, 0) is 18.4 Å². The molecule has 0 amide bonds. The van der Waals surface area contributed by atoms with Crippen LogP contribution in [0.1, 0.15) is 46.9 Å². The number of carboxylic acid groups (broad SMARTS) is 1. The van der Waals surface area contributed by atoms with Gasteiger partial charge in [-0.25, -0.2) is 9.18 Å². The van der Waals surface area contributed by atoms with Gasteiger partial charge in [0.1, 0.15) is 22.9 Å². The lowest BCUT2D eigenvalue weighted by Crippen LogP contribution is -2.44. The molecule has 0 bridgehead atoms. The fourth-order valence-electron chi connectivity index (χ4n) is 6.17. The van der Waals surface area contributed by atoms with E-state index in [1.165, 1.54) is 24.4 Å². The summed E-state index contributed by atoms with van der Waals surface area (Å²) in [5.41, 5.74) is -0.707. The predicted octanol–water partition coefficient (Wildman–Crippen LogP) is 7.62. The molecule has 46 heavy (non-hydrogen) atoms. The first-order valence-corrected chi connectivity index (χ1v) is 14.4. The average Bonchev–Trinajstić information content (AvgIpc) is 3.58. The third-order valence-electron chi connectivity index (χ3n) is 8.56. The molecule has 2 atom stereocenters. The molecule has 2 aromatic carbocycles. The molecule has 4 aromatic rings. The summed E-state index contributed by atoms with van der Waals surface area (Å²) in [5.74, 6) is -4.70. The van der Waals surface area contributed by atoms with Gasteiger partial charge in [-0.1, -0.05) is 23.4 Å². The Kier molecular flexibility index (Phi) is 7.93. The maximum absolute atomic E-state index is 16.0. The number of halogens is 7. The van der Waals surface area contributed by atoms with E-state index in [4.69, 9.17) is 9.26 Å². The second-order valence-electron chi connectivity index (χ2n) is 11.7. The van der Waals surface area contributed by atoms with Crippen LogP contribution in [0.4, 0.5) is 36.4 Å². The molecular weight excluding hydrogens is 627 g/mol. The Morgan fingerprint density at radius 1 is 1.09 bits per heavy atom. The van der Waals surface area contributed by atoms with E-state index in [1.807, 2.05) is 4.90 Å². The van der Waals surface area contributed by atoms with E-state index in [9.17, 15) is 36.2 Å². The molecule has 3 heterocycles. The maximum atomic E-state index is 16.0. The second-order valence-corrected chi connectivity index (χ2v) is 11.7. The standard InChI is InChI=1S/C31H28F7N3O5/c1-40-14-19(28(42)43)25-22(40)6-4-7-23(25)41-11-9-29(32,10-12-41)16-44-15-20-26(17-5-2-3-8-24(17)45-31(36,37)38)39-46-27(20)18-13-21(18)30(33,34)35/h2-8,14,18,21H,9-13,15-16H2,1H3,(H,42,43). The SMILES string of the molecule is Cn1cc(C(=O)O)c2c(N3CCC(F)(COCc4c(-c5ccccc5OC(F)(F)F)noc4C4CC4C(F)(F)F)CC3)cccc21. The van der Waals surface area contributed by atoms with Crippen molar-refractivity contribution >= 4 is 22.6 Å². The molecular formula is C31H28F7N3O5. The van der Waals surface area contributed by atoms with Crippen LogP contribution in [0.25, 0.3) is 22.2 Å². The zero-order chi connectivity index (χ0) is 33.0. The number of benzene rings is 2. The first-order valence-electron chi connectivity index (χ1n) is 14.4. The number of para-hydroxylation sites is 1. The molecule has 1 N–H and O–H groups in total. The summed E-state index contributed by atoms with van der Waals surface area (Å²) >= 11 is 0. The van der Waals surface area contributed by atoms with E-state index in [-0.39, 0.29) is 60.5 Å². The molecule has 1 saturated heterocycles. The quantitative estimate of drug-likeness (QED) is 0.186. The number of alkyl halides is 7. The lowest BCUT2D eigenvalue weighted by atomic mass is 9.93.